The van der Waals surface area contributed by atoms with Gasteiger partial charge in [0.25, 0.3) is 5.91 Å². The van der Waals surface area contributed by atoms with E-state index in [1.165, 1.54) is 17.0 Å². The molecule has 5 nitrogen and oxygen atoms in total. The van der Waals surface area contributed by atoms with Gasteiger partial charge in [0.1, 0.15) is 11.5 Å². The maximum absolute atomic E-state index is 13.7. The van der Waals surface area contributed by atoms with Gasteiger partial charge in [-0.05, 0) is 31.3 Å². The van der Waals surface area contributed by atoms with E-state index in [-0.39, 0.29) is 16.7 Å². The summed E-state index contributed by atoms with van der Waals surface area (Å²) >= 11 is 5.22. The highest BCUT2D eigenvalue weighted by Gasteiger charge is 2.34. The average molecular weight is 316 g/mol. The molecule has 1 amide bonds. The molecule has 1 aliphatic rings. The van der Waals surface area contributed by atoms with Crippen molar-refractivity contribution in [2.24, 2.45) is 7.05 Å². The number of aryl methyl sites for hydroxylation is 2. The molecule has 3 rings (SSSR count). The number of carbonyl (C=O) groups excluding carboxylic acids is 1. The second-order valence-electron chi connectivity index (χ2n) is 4.92. The molecule has 1 N–H and O–H groups in total. The third kappa shape index (κ3) is 2.39. The zero-order valence-electron chi connectivity index (χ0n) is 12.0. The molecule has 0 atom stereocenters. The number of nitrogens with zero attached hydrogens (tertiary/aromatic N) is 3. The topological polar surface area (TPSA) is 50.2 Å². The van der Waals surface area contributed by atoms with Crippen molar-refractivity contribution in [3.05, 3.63) is 53.2 Å². The number of nitrogens with one attached hydrogen (secondary N) is 1. The van der Waals surface area contributed by atoms with Crippen LogP contribution in [0.2, 0.25) is 0 Å². The van der Waals surface area contributed by atoms with Gasteiger partial charge in [0.05, 0.1) is 11.4 Å². The summed E-state index contributed by atoms with van der Waals surface area (Å²) in [5.41, 5.74) is 1.86. The molecular formula is C15H13FN4OS. The molecule has 0 saturated carbocycles. The summed E-state index contributed by atoms with van der Waals surface area (Å²) in [7, 11) is 1.77. The van der Waals surface area contributed by atoms with Gasteiger partial charge in [-0.2, -0.15) is 5.10 Å². The van der Waals surface area contributed by atoms with Crippen LogP contribution in [0.15, 0.2) is 36.2 Å². The highest BCUT2D eigenvalue weighted by atomic mass is 32.1. The molecule has 2 heterocycles. The maximum atomic E-state index is 13.7. The Morgan fingerprint density at radius 3 is 2.73 bits per heavy atom. The van der Waals surface area contributed by atoms with Gasteiger partial charge in [-0.1, -0.05) is 18.2 Å². The van der Waals surface area contributed by atoms with E-state index in [4.69, 9.17) is 12.2 Å². The number of halogens is 1. The Balaban J connectivity index is 1.99. The Morgan fingerprint density at radius 2 is 2.09 bits per heavy atom. The fraction of sp³-hybridized carbons (Fsp3) is 0.133. The van der Waals surface area contributed by atoms with E-state index in [0.717, 1.165) is 0 Å². The molecule has 1 saturated heterocycles. The van der Waals surface area contributed by atoms with Gasteiger partial charge < -0.3 is 5.32 Å². The third-order valence-corrected chi connectivity index (χ3v) is 3.60. The summed E-state index contributed by atoms with van der Waals surface area (Å²) in [6.07, 6.45) is 3.17. The Kier molecular flexibility index (Phi) is 3.50. The predicted octanol–water partition coefficient (Wildman–Crippen LogP) is 2.13. The second kappa shape index (κ2) is 5.34. The zero-order valence-corrected chi connectivity index (χ0v) is 12.8. The number of anilines is 1. The molecule has 22 heavy (non-hydrogen) atoms. The Morgan fingerprint density at radius 1 is 1.36 bits per heavy atom. The molecule has 1 aromatic heterocycles. The Hall–Kier alpha value is -2.54. The number of carbonyl (C=O) groups is 1. The minimum Gasteiger partial charge on any atom is -0.327 e. The minimum atomic E-state index is -0.397. The van der Waals surface area contributed by atoms with Crippen molar-refractivity contribution in [1.82, 2.24) is 15.1 Å². The highest BCUT2D eigenvalue weighted by Crippen LogP contribution is 2.25. The summed E-state index contributed by atoms with van der Waals surface area (Å²) in [5, 5.41) is 7.29. The number of amides is 1. The van der Waals surface area contributed by atoms with E-state index in [9.17, 15) is 9.18 Å². The van der Waals surface area contributed by atoms with Crippen molar-refractivity contribution in [2.45, 2.75) is 6.92 Å². The molecule has 112 valence electrons. The number of rotatable bonds is 2. The van der Waals surface area contributed by atoms with Gasteiger partial charge in [-0.25, -0.2) is 9.29 Å². The van der Waals surface area contributed by atoms with Crippen LogP contribution < -0.4 is 10.2 Å². The summed E-state index contributed by atoms with van der Waals surface area (Å²) in [6, 6.07) is 6.24. The Labute approximate surface area is 132 Å². The number of hydrogen-bond donors (Lipinski definition) is 1. The largest absolute Gasteiger partial charge is 0.327 e. The van der Waals surface area contributed by atoms with E-state index < -0.39 is 5.82 Å². The molecule has 1 fully saturated rings. The summed E-state index contributed by atoms with van der Waals surface area (Å²) in [6.45, 7) is 1.80. The molecule has 0 unspecified atom stereocenters. The third-order valence-electron chi connectivity index (χ3n) is 3.31. The van der Waals surface area contributed by atoms with Crippen LogP contribution in [-0.2, 0) is 11.8 Å². The van der Waals surface area contributed by atoms with Crippen molar-refractivity contribution in [3.63, 3.8) is 0 Å². The van der Waals surface area contributed by atoms with E-state index in [0.29, 0.717) is 16.9 Å². The van der Waals surface area contributed by atoms with E-state index in [2.05, 4.69) is 10.4 Å². The summed E-state index contributed by atoms with van der Waals surface area (Å²) in [4.78, 5) is 13.9. The zero-order chi connectivity index (χ0) is 15.9. The first-order valence-electron chi connectivity index (χ1n) is 6.59. The van der Waals surface area contributed by atoms with E-state index >= 15 is 0 Å². The number of aromatic nitrogens is 2. The number of thiocarbonyl (C=S) groups is 1. The molecule has 1 aliphatic heterocycles. The van der Waals surface area contributed by atoms with E-state index in [1.54, 1.807) is 43.0 Å². The number of benzene rings is 1. The first-order valence-corrected chi connectivity index (χ1v) is 7.00. The van der Waals surface area contributed by atoms with Crippen molar-refractivity contribution in [3.8, 4) is 0 Å². The lowest BCUT2D eigenvalue weighted by Crippen LogP contribution is -2.30. The SMILES string of the molecule is Cc1nn(C)cc1N1C(=O)/C(=C\c2ccccc2F)NC1=S. The molecule has 0 bridgehead atoms. The van der Waals surface area contributed by atoms with Gasteiger partial charge in [-0.3, -0.25) is 9.48 Å². The van der Waals surface area contributed by atoms with Gasteiger partial charge in [0, 0.05) is 18.8 Å². The average Bonchev–Trinajstić information content (AvgIpc) is 2.92. The highest BCUT2D eigenvalue weighted by molar-refractivity contribution is 7.80. The van der Waals surface area contributed by atoms with Crippen molar-refractivity contribution >= 4 is 35.0 Å². The fourth-order valence-electron chi connectivity index (χ4n) is 2.31. The first-order chi connectivity index (χ1) is 10.5. The van der Waals surface area contributed by atoms with Crippen LogP contribution in [0.4, 0.5) is 10.1 Å². The predicted molar refractivity (Wildman–Crippen MR) is 85.5 cm³/mol. The first kappa shape index (κ1) is 14.4. The second-order valence-corrected chi connectivity index (χ2v) is 5.31. The minimum absolute atomic E-state index is 0.235. The van der Waals surface area contributed by atoms with Crippen LogP contribution in [0.25, 0.3) is 6.08 Å². The van der Waals surface area contributed by atoms with Crippen LogP contribution in [0.3, 0.4) is 0 Å². The standard InChI is InChI=1S/C15H13FN4OS/c1-9-13(8-19(2)18-9)20-14(21)12(17-15(20)22)7-10-5-3-4-6-11(10)16/h3-8H,1-2H3,(H,17,22)/b12-7+. The lowest BCUT2D eigenvalue weighted by Gasteiger charge is -2.11. The molecule has 2 aromatic rings. The van der Waals surface area contributed by atoms with Crippen molar-refractivity contribution in [2.75, 3.05) is 4.90 Å². The molecule has 0 aliphatic carbocycles. The van der Waals surface area contributed by atoms with Gasteiger partial charge in [-0.15, -0.1) is 0 Å². The smallest absolute Gasteiger partial charge is 0.281 e. The normalized spacial score (nSPS) is 16.5. The van der Waals surface area contributed by atoms with Gasteiger partial charge in [0.15, 0.2) is 5.11 Å². The monoisotopic (exact) mass is 316 g/mol. The van der Waals surface area contributed by atoms with Crippen molar-refractivity contribution < 1.29 is 9.18 Å². The quantitative estimate of drug-likeness (QED) is 0.681. The van der Waals surface area contributed by atoms with Crippen LogP contribution in [0.5, 0.6) is 0 Å². The summed E-state index contributed by atoms with van der Waals surface area (Å²) < 4.78 is 15.3. The summed E-state index contributed by atoms with van der Waals surface area (Å²) in [5.74, 6) is -0.726. The number of hydrogen-bond acceptors (Lipinski definition) is 3. The lowest BCUT2D eigenvalue weighted by molar-refractivity contribution is -0.113. The van der Waals surface area contributed by atoms with Crippen molar-refractivity contribution in [1.29, 1.82) is 0 Å². The Bertz CT molecular complexity index is 812. The van der Waals surface area contributed by atoms with Crippen LogP contribution in [0, 0.1) is 12.7 Å². The fourth-order valence-corrected chi connectivity index (χ4v) is 2.60. The van der Waals surface area contributed by atoms with Crippen LogP contribution in [-0.4, -0.2) is 20.8 Å². The lowest BCUT2D eigenvalue weighted by atomic mass is 10.2. The molecule has 0 spiro atoms. The van der Waals surface area contributed by atoms with Crippen LogP contribution in [0.1, 0.15) is 11.3 Å². The van der Waals surface area contributed by atoms with Crippen LogP contribution >= 0.6 is 12.2 Å². The van der Waals surface area contributed by atoms with E-state index in [1.807, 2.05) is 0 Å². The molecular weight excluding hydrogens is 303 g/mol. The molecule has 1 aromatic carbocycles. The molecule has 7 heteroatoms. The maximum Gasteiger partial charge on any atom is 0.281 e. The van der Waals surface area contributed by atoms with Gasteiger partial charge in [0.2, 0.25) is 0 Å². The molecule has 0 radical (unpaired) electrons. The van der Waals surface area contributed by atoms with Gasteiger partial charge >= 0.3 is 0 Å².